The Hall–Kier alpha value is -3.04. The summed E-state index contributed by atoms with van der Waals surface area (Å²) in [6.07, 6.45) is 2.58. The molecule has 1 aliphatic rings. The van der Waals surface area contributed by atoms with Gasteiger partial charge in [-0.05, 0) is 31.4 Å². The van der Waals surface area contributed by atoms with Gasteiger partial charge in [-0.15, -0.1) is 10.2 Å². The Morgan fingerprint density at radius 3 is 2.35 bits per heavy atom. The van der Waals surface area contributed by atoms with E-state index >= 15 is 0 Å². The second kappa shape index (κ2) is 6.04. The van der Waals surface area contributed by atoms with Crippen molar-refractivity contribution in [3.8, 4) is 11.5 Å². The largest absolute Gasteiger partial charge is 0.470 e. The van der Waals surface area contributed by atoms with Gasteiger partial charge in [-0.2, -0.15) is 13.2 Å². The Kier molecular flexibility index (Phi) is 3.82. The lowest BCUT2D eigenvalue weighted by Crippen LogP contribution is -2.43. The maximum absolute atomic E-state index is 12.5. The molecule has 26 heavy (non-hydrogen) atoms. The molecule has 1 aliphatic carbocycles. The van der Waals surface area contributed by atoms with Crippen molar-refractivity contribution in [3.63, 3.8) is 0 Å². The van der Waals surface area contributed by atoms with Crippen LogP contribution >= 0.6 is 0 Å². The Labute approximate surface area is 145 Å². The van der Waals surface area contributed by atoms with E-state index in [1.807, 2.05) is 18.2 Å². The van der Waals surface area contributed by atoms with E-state index in [1.54, 1.807) is 6.20 Å². The minimum atomic E-state index is -4.69. The molecule has 1 fully saturated rings. The highest BCUT2D eigenvalue weighted by atomic mass is 19.4. The van der Waals surface area contributed by atoms with Gasteiger partial charge in [0.05, 0.1) is 16.8 Å². The molecule has 0 radical (unpaired) electrons. The van der Waals surface area contributed by atoms with Gasteiger partial charge in [0.2, 0.25) is 5.95 Å². The molecule has 0 spiro atoms. The van der Waals surface area contributed by atoms with E-state index in [0.29, 0.717) is 5.95 Å². The molecule has 0 saturated heterocycles. The average molecular weight is 362 g/mol. The number of nitrogens with zero attached hydrogens (tertiary/aromatic N) is 5. The second-order valence-corrected chi connectivity index (χ2v) is 5.98. The Balaban J connectivity index is 1.54. The molecule has 3 aromatic heterocycles. The molecule has 0 aromatic carbocycles. The highest BCUT2D eigenvalue weighted by Gasteiger charge is 2.41. The molecule has 0 bridgehead atoms. The zero-order valence-electron chi connectivity index (χ0n) is 13.4. The molecular formula is C16H13F3N6O. The van der Waals surface area contributed by atoms with Crippen LogP contribution in [-0.4, -0.2) is 25.1 Å². The molecule has 3 aromatic rings. The maximum atomic E-state index is 12.5. The fourth-order valence-corrected chi connectivity index (χ4v) is 2.79. The first-order valence-electron chi connectivity index (χ1n) is 7.89. The number of hydrogen-bond acceptors (Lipinski definition) is 7. The van der Waals surface area contributed by atoms with Gasteiger partial charge in [-0.25, -0.2) is 9.97 Å². The third kappa shape index (κ3) is 2.98. The Bertz CT molecular complexity index is 890. The average Bonchev–Trinajstić information content (AvgIpc) is 3.10. The summed E-state index contributed by atoms with van der Waals surface area (Å²) in [6.45, 7) is 0. The number of nitrogens with one attached hydrogen (secondary N) is 1. The number of alkyl halides is 3. The summed E-state index contributed by atoms with van der Waals surface area (Å²) < 4.78 is 42.2. The molecule has 10 heteroatoms. The van der Waals surface area contributed by atoms with Crippen molar-refractivity contribution in [1.82, 2.24) is 25.1 Å². The Morgan fingerprint density at radius 1 is 1.04 bits per heavy atom. The van der Waals surface area contributed by atoms with Crippen LogP contribution in [0.2, 0.25) is 0 Å². The van der Waals surface area contributed by atoms with E-state index in [2.05, 4.69) is 34.9 Å². The molecule has 4 rings (SSSR count). The van der Waals surface area contributed by atoms with Crippen molar-refractivity contribution in [2.24, 2.45) is 0 Å². The molecule has 0 unspecified atom stereocenters. The van der Waals surface area contributed by atoms with E-state index in [9.17, 15) is 13.2 Å². The summed E-state index contributed by atoms with van der Waals surface area (Å²) in [5.74, 6) is -1.33. The summed E-state index contributed by atoms with van der Waals surface area (Å²) in [5.41, 5.74) is 0.793. The van der Waals surface area contributed by atoms with E-state index in [-0.39, 0.29) is 17.0 Å². The highest BCUT2D eigenvalue weighted by Crippen LogP contribution is 2.42. The molecule has 0 atom stereocenters. The molecule has 7 nitrogen and oxygen atoms in total. The number of pyridine rings is 1. The van der Waals surface area contributed by atoms with Crippen LogP contribution in [0, 0.1) is 0 Å². The minimum Gasteiger partial charge on any atom is -0.413 e. The molecule has 1 N–H and O–H groups in total. The van der Waals surface area contributed by atoms with E-state index in [0.717, 1.165) is 25.0 Å². The molecule has 0 aliphatic heterocycles. The number of halogens is 3. The van der Waals surface area contributed by atoms with Crippen molar-refractivity contribution >= 4 is 5.95 Å². The lowest BCUT2D eigenvalue weighted by molar-refractivity contribution is -0.156. The zero-order chi connectivity index (χ0) is 18.2. The van der Waals surface area contributed by atoms with Crippen molar-refractivity contribution in [3.05, 3.63) is 48.4 Å². The summed E-state index contributed by atoms with van der Waals surface area (Å²) in [6, 6.07) is 5.71. The third-order valence-corrected chi connectivity index (χ3v) is 4.28. The first-order valence-corrected chi connectivity index (χ1v) is 7.89. The SMILES string of the molecule is FC(F)(F)c1nnc(-c2cnc(NC3(c4ccccn4)CCC3)nc2)o1. The van der Waals surface area contributed by atoms with Gasteiger partial charge in [0, 0.05) is 18.6 Å². The molecule has 3 heterocycles. The fraction of sp³-hybridized carbons (Fsp3) is 0.312. The highest BCUT2D eigenvalue weighted by molar-refractivity contribution is 5.51. The van der Waals surface area contributed by atoms with Gasteiger partial charge in [-0.1, -0.05) is 6.07 Å². The zero-order valence-corrected chi connectivity index (χ0v) is 13.4. The lowest BCUT2D eigenvalue weighted by atomic mass is 9.74. The van der Waals surface area contributed by atoms with Crippen molar-refractivity contribution in [1.29, 1.82) is 0 Å². The monoisotopic (exact) mass is 362 g/mol. The van der Waals surface area contributed by atoms with Gasteiger partial charge in [-0.3, -0.25) is 4.98 Å². The van der Waals surface area contributed by atoms with Crippen molar-refractivity contribution in [2.75, 3.05) is 5.32 Å². The first kappa shape index (κ1) is 16.4. The number of hydrogen-bond donors (Lipinski definition) is 1. The van der Waals surface area contributed by atoms with Crippen LogP contribution < -0.4 is 5.32 Å². The summed E-state index contributed by atoms with van der Waals surface area (Å²) >= 11 is 0. The normalized spacial score (nSPS) is 16.1. The molecule has 1 saturated carbocycles. The van der Waals surface area contributed by atoms with Crippen LogP contribution in [-0.2, 0) is 11.7 Å². The standard InChI is InChI=1S/C16H13F3N6O/c17-16(18,19)13-25-24-12(26-13)10-8-21-14(22-9-10)23-15(5-3-6-15)11-4-1-2-7-20-11/h1-2,4,7-9H,3,5-6H2,(H,21,22,23). The van der Waals surface area contributed by atoms with Gasteiger partial charge in [0.15, 0.2) is 0 Å². The van der Waals surface area contributed by atoms with Crippen LogP contribution in [0.1, 0.15) is 30.8 Å². The Morgan fingerprint density at radius 2 is 1.81 bits per heavy atom. The number of anilines is 1. The predicted octanol–water partition coefficient (Wildman–Crippen LogP) is 3.43. The van der Waals surface area contributed by atoms with Crippen LogP contribution in [0.5, 0.6) is 0 Å². The van der Waals surface area contributed by atoms with Crippen LogP contribution in [0.15, 0.2) is 41.2 Å². The minimum absolute atomic E-state index is 0.207. The van der Waals surface area contributed by atoms with Crippen LogP contribution in [0.4, 0.5) is 19.1 Å². The quantitative estimate of drug-likeness (QED) is 0.760. The fourth-order valence-electron chi connectivity index (χ4n) is 2.79. The third-order valence-electron chi connectivity index (χ3n) is 4.28. The van der Waals surface area contributed by atoms with Gasteiger partial charge in [0.1, 0.15) is 0 Å². The summed E-state index contributed by atoms with van der Waals surface area (Å²) in [4.78, 5) is 12.7. The van der Waals surface area contributed by atoms with Crippen molar-refractivity contribution < 1.29 is 17.6 Å². The van der Waals surface area contributed by atoms with Gasteiger partial charge < -0.3 is 9.73 Å². The molecular weight excluding hydrogens is 349 g/mol. The second-order valence-electron chi connectivity index (χ2n) is 5.98. The topological polar surface area (TPSA) is 89.6 Å². The maximum Gasteiger partial charge on any atom is 0.470 e. The van der Waals surface area contributed by atoms with Gasteiger partial charge in [0.25, 0.3) is 5.89 Å². The number of rotatable bonds is 4. The molecule has 0 amide bonds. The first-order chi connectivity index (χ1) is 12.5. The van der Waals surface area contributed by atoms with Crippen LogP contribution in [0.25, 0.3) is 11.5 Å². The smallest absolute Gasteiger partial charge is 0.413 e. The summed E-state index contributed by atoms with van der Waals surface area (Å²) in [5, 5.41) is 9.66. The summed E-state index contributed by atoms with van der Waals surface area (Å²) in [7, 11) is 0. The van der Waals surface area contributed by atoms with Gasteiger partial charge >= 0.3 is 12.1 Å². The van der Waals surface area contributed by atoms with E-state index in [4.69, 9.17) is 0 Å². The van der Waals surface area contributed by atoms with Crippen LogP contribution in [0.3, 0.4) is 0 Å². The van der Waals surface area contributed by atoms with E-state index in [1.165, 1.54) is 12.4 Å². The number of aromatic nitrogens is 5. The van der Waals surface area contributed by atoms with Crippen molar-refractivity contribution in [2.45, 2.75) is 31.0 Å². The van der Waals surface area contributed by atoms with E-state index < -0.39 is 12.1 Å². The predicted molar refractivity (Wildman–Crippen MR) is 83.7 cm³/mol. The molecule has 134 valence electrons. The lowest BCUT2D eigenvalue weighted by Gasteiger charge is -2.42.